The van der Waals surface area contributed by atoms with Crippen LogP contribution in [0.25, 0.3) is 0 Å². The van der Waals surface area contributed by atoms with Crippen LogP contribution in [0.5, 0.6) is 5.88 Å². The molecule has 0 N–H and O–H groups in total. The minimum Gasteiger partial charge on any atom is -0.356 e. The molecule has 1 saturated heterocycles. The zero-order chi connectivity index (χ0) is 22.7. The summed E-state index contributed by atoms with van der Waals surface area (Å²) in [5.74, 6) is 2.93. The fourth-order valence-corrected chi connectivity index (χ4v) is 3.68. The summed E-state index contributed by atoms with van der Waals surface area (Å²) < 4.78 is 18.6. The molecule has 0 bridgehead atoms. The summed E-state index contributed by atoms with van der Waals surface area (Å²) in [6.45, 7) is 9.47. The number of rotatable bonds is 6. The van der Waals surface area contributed by atoms with Crippen molar-refractivity contribution in [3.8, 4) is 5.88 Å². The van der Waals surface area contributed by atoms with Crippen LogP contribution >= 0.6 is 0 Å². The zero-order valence-corrected chi connectivity index (χ0v) is 18.7. The summed E-state index contributed by atoms with van der Waals surface area (Å²) in [4.78, 5) is 21.1. The van der Waals surface area contributed by atoms with E-state index in [0.29, 0.717) is 11.6 Å². The standard InChI is InChI=1S/C23H27FN6O2/c1-14(2)20-27-23(32-29-20)18-9-11-30(12-10-18)21-15(3)22(26-13-25-21)31-28-16(4)17-5-7-19(24)8-6-17/h5-8,13-14,18H,9-12H2,1-4H3. The Morgan fingerprint density at radius 3 is 2.56 bits per heavy atom. The second-order valence-corrected chi connectivity index (χ2v) is 8.31. The van der Waals surface area contributed by atoms with Crippen molar-refractivity contribution in [1.29, 1.82) is 0 Å². The normalized spacial score (nSPS) is 15.4. The largest absolute Gasteiger partial charge is 0.356 e. The van der Waals surface area contributed by atoms with E-state index < -0.39 is 0 Å². The number of nitrogens with zero attached hydrogens (tertiary/aromatic N) is 6. The topological polar surface area (TPSA) is 89.5 Å². The third-order valence-corrected chi connectivity index (χ3v) is 5.66. The average Bonchev–Trinajstić information content (AvgIpc) is 3.30. The van der Waals surface area contributed by atoms with E-state index in [1.54, 1.807) is 19.1 Å². The van der Waals surface area contributed by atoms with Crippen molar-refractivity contribution in [1.82, 2.24) is 20.1 Å². The van der Waals surface area contributed by atoms with E-state index in [-0.39, 0.29) is 17.7 Å². The van der Waals surface area contributed by atoms with E-state index in [2.05, 4.69) is 44.0 Å². The quantitative estimate of drug-likeness (QED) is 0.410. The molecule has 0 spiro atoms. The number of anilines is 1. The molecule has 0 saturated carbocycles. The van der Waals surface area contributed by atoms with Gasteiger partial charge >= 0.3 is 0 Å². The van der Waals surface area contributed by atoms with Crippen LogP contribution in [0.2, 0.25) is 0 Å². The highest BCUT2D eigenvalue weighted by Gasteiger charge is 2.27. The van der Waals surface area contributed by atoms with Gasteiger partial charge in [0.1, 0.15) is 18.0 Å². The number of aromatic nitrogens is 4. The summed E-state index contributed by atoms with van der Waals surface area (Å²) in [5, 5.41) is 8.25. The van der Waals surface area contributed by atoms with Gasteiger partial charge in [0.2, 0.25) is 5.89 Å². The van der Waals surface area contributed by atoms with Crippen molar-refractivity contribution in [3.63, 3.8) is 0 Å². The van der Waals surface area contributed by atoms with Gasteiger partial charge in [0.25, 0.3) is 5.88 Å². The fraction of sp³-hybridized carbons (Fsp3) is 0.435. The molecule has 0 unspecified atom stereocenters. The predicted molar refractivity (Wildman–Crippen MR) is 119 cm³/mol. The molecule has 3 aromatic rings. The third kappa shape index (κ3) is 4.76. The Bertz CT molecular complexity index is 1090. The van der Waals surface area contributed by atoms with Crippen LogP contribution in [0.1, 0.15) is 68.3 Å². The summed E-state index contributed by atoms with van der Waals surface area (Å²) in [6, 6.07) is 6.11. The molecule has 9 heteroatoms. The highest BCUT2D eigenvalue weighted by Crippen LogP contribution is 2.32. The van der Waals surface area contributed by atoms with Crippen molar-refractivity contribution >= 4 is 11.5 Å². The molecule has 0 radical (unpaired) electrons. The molecule has 1 aliphatic heterocycles. The first-order valence-electron chi connectivity index (χ1n) is 10.8. The van der Waals surface area contributed by atoms with Gasteiger partial charge in [0.15, 0.2) is 5.82 Å². The molecule has 8 nitrogen and oxygen atoms in total. The summed E-state index contributed by atoms with van der Waals surface area (Å²) >= 11 is 0. The minimum atomic E-state index is -0.290. The van der Waals surface area contributed by atoms with Crippen molar-refractivity contribution in [3.05, 3.63) is 59.3 Å². The SMILES string of the molecule is CC(=NOc1ncnc(N2CCC(c3nc(C(C)C)no3)CC2)c1C)c1ccc(F)cc1. The number of piperidine rings is 1. The van der Waals surface area contributed by atoms with Crippen molar-refractivity contribution in [2.75, 3.05) is 18.0 Å². The molecule has 1 fully saturated rings. The molecular weight excluding hydrogens is 411 g/mol. The molecule has 32 heavy (non-hydrogen) atoms. The van der Waals surface area contributed by atoms with Gasteiger partial charge in [0, 0.05) is 24.9 Å². The number of benzene rings is 1. The Labute approximate surface area is 186 Å². The predicted octanol–water partition coefficient (Wildman–Crippen LogP) is 4.62. The molecule has 0 amide bonds. The Kier molecular flexibility index (Phi) is 6.43. The van der Waals surface area contributed by atoms with Gasteiger partial charge in [0.05, 0.1) is 11.3 Å². The highest BCUT2D eigenvalue weighted by atomic mass is 19.1. The first-order chi connectivity index (χ1) is 15.4. The first kappa shape index (κ1) is 21.9. The molecular formula is C23H27FN6O2. The van der Waals surface area contributed by atoms with E-state index in [1.165, 1.54) is 18.5 Å². The highest BCUT2D eigenvalue weighted by molar-refractivity contribution is 5.98. The Morgan fingerprint density at radius 1 is 1.19 bits per heavy atom. The van der Waals surface area contributed by atoms with Crippen LogP contribution in [0.3, 0.4) is 0 Å². The molecule has 168 valence electrons. The number of halogens is 1. The van der Waals surface area contributed by atoms with E-state index >= 15 is 0 Å². The maximum Gasteiger partial charge on any atom is 0.256 e. The average molecular weight is 439 g/mol. The molecule has 1 aliphatic rings. The zero-order valence-electron chi connectivity index (χ0n) is 18.7. The molecule has 3 heterocycles. The van der Waals surface area contributed by atoms with Gasteiger partial charge in [-0.3, -0.25) is 0 Å². The second-order valence-electron chi connectivity index (χ2n) is 8.31. The van der Waals surface area contributed by atoms with Crippen LogP contribution in [-0.2, 0) is 0 Å². The molecule has 2 aromatic heterocycles. The van der Waals surface area contributed by atoms with Crippen LogP contribution in [0.15, 0.2) is 40.3 Å². The smallest absolute Gasteiger partial charge is 0.256 e. The number of hydrogen-bond donors (Lipinski definition) is 0. The molecule has 0 atom stereocenters. The van der Waals surface area contributed by atoms with Crippen LogP contribution in [0, 0.1) is 12.7 Å². The molecule has 4 rings (SSSR count). The minimum absolute atomic E-state index is 0.254. The van der Waals surface area contributed by atoms with Gasteiger partial charge in [-0.15, -0.1) is 0 Å². The third-order valence-electron chi connectivity index (χ3n) is 5.66. The van der Waals surface area contributed by atoms with Gasteiger partial charge in [-0.1, -0.05) is 36.3 Å². The molecule has 1 aromatic carbocycles. The van der Waals surface area contributed by atoms with E-state index in [9.17, 15) is 4.39 Å². The van der Waals surface area contributed by atoms with Crippen molar-refractivity contribution in [2.24, 2.45) is 5.16 Å². The van der Waals surface area contributed by atoms with E-state index in [1.807, 2.05) is 6.92 Å². The van der Waals surface area contributed by atoms with Gasteiger partial charge in [-0.05, 0) is 44.4 Å². The van der Waals surface area contributed by atoms with Gasteiger partial charge in [-0.25, -0.2) is 9.37 Å². The summed E-state index contributed by atoms with van der Waals surface area (Å²) in [6.07, 6.45) is 3.29. The summed E-state index contributed by atoms with van der Waals surface area (Å²) in [5.41, 5.74) is 2.23. The van der Waals surface area contributed by atoms with Gasteiger partial charge < -0.3 is 14.3 Å². The van der Waals surface area contributed by atoms with Crippen LogP contribution in [0.4, 0.5) is 10.2 Å². The number of oxime groups is 1. The van der Waals surface area contributed by atoms with Crippen LogP contribution in [-0.4, -0.2) is 38.9 Å². The van der Waals surface area contributed by atoms with Crippen molar-refractivity contribution < 1.29 is 13.8 Å². The Morgan fingerprint density at radius 2 is 1.91 bits per heavy atom. The van der Waals surface area contributed by atoms with Gasteiger partial charge in [-0.2, -0.15) is 9.97 Å². The second kappa shape index (κ2) is 9.42. The maximum atomic E-state index is 13.1. The summed E-state index contributed by atoms with van der Waals surface area (Å²) in [7, 11) is 0. The monoisotopic (exact) mass is 438 g/mol. The lowest BCUT2D eigenvalue weighted by atomic mass is 9.96. The lowest BCUT2D eigenvalue weighted by Gasteiger charge is -2.32. The van der Waals surface area contributed by atoms with Crippen molar-refractivity contribution in [2.45, 2.75) is 52.4 Å². The van der Waals surface area contributed by atoms with E-state index in [4.69, 9.17) is 9.36 Å². The Balaban J connectivity index is 1.42. The lowest BCUT2D eigenvalue weighted by molar-refractivity contribution is 0.321. The van der Waals surface area contributed by atoms with Crippen LogP contribution < -0.4 is 9.74 Å². The first-order valence-corrected chi connectivity index (χ1v) is 10.8. The lowest BCUT2D eigenvalue weighted by Crippen LogP contribution is -2.34. The fourth-order valence-electron chi connectivity index (χ4n) is 3.68. The van der Waals surface area contributed by atoms with E-state index in [0.717, 1.165) is 54.6 Å². The maximum absolute atomic E-state index is 13.1. The molecule has 0 aliphatic carbocycles. The Hall–Kier alpha value is -3.36. The number of hydrogen-bond acceptors (Lipinski definition) is 8.